The fourth-order valence-corrected chi connectivity index (χ4v) is 4.45. The van der Waals surface area contributed by atoms with Crippen LogP contribution in [0.1, 0.15) is 11.1 Å². The van der Waals surface area contributed by atoms with E-state index in [1.807, 2.05) is 12.1 Å². The average Bonchev–Trinajstić information content (AvgIpc) is 2.69. The number of hydrogen-bond donors (Lipinski definition) is 1. The fraction of sp³-hybridized carbons (Fsp3) is 0.0526. The van der Waals surface area contributed by atoms with Crippen LogP contribution in [0.4, 0.5) is 15.9 Å². The molecule has 0 aliphatic rings. The lowest BCUT2D eigenvalue weighted by Gasteiger charge is -2.11. The maximum atomic E-state index is 13.0. The molecule has 2 aromatic carbocycles. The highest BCUT2D eigenvalue weighted by atomic mass is 127. The van der Waals surface area contributed by atoms with E-state index in [1.165, 1.54) is 30.5 Å². The SMILES string of the molecule is O=[N+]([O-])c1cccnc1N/N=C\c1cc(I)c(OCc2ccc(F)cc2)c(I)c1. The molecule has 0 saturated carbocycles. The third-order valence-electron chi connectivity index (χ3n) is 3.68. The molecule has 148 valence electrons. The van der Waals surface area contributed by atoms with E-state index in [-0.39, 0.29) is 17.3 Å². The molecule has 0 aliphatic heterocycles. The van der Waals surface area contributed by atoms with Gasteiger partial charge in [-0.25, -0.2) is 9.37 Å². The van der Waals surface area contributed by atoms with Crippen molar-refractivity contribution >= 4 is 62.9 Å². The molecule has 0 unspecified atom stereocenters. The molecule has 3 aromatic rings. The van der Waals surface area contributed by atoms with Crippen molar-refractivity contribution in [2.24, 2.45) is 5.10 Å². The Bertz CT molecular complexity index is 1040. The molecule has 0 fully saturated rings. The van der Waals surface area contributed by atoms with E-state index >= 15 is 0 Å². The second-order valence-corrected chi connectivity index (χ2v) is 8.05. The Labute approximate surface area is 192 Å². The molecular formula is C19H13FI2N4O3. The summed E-state index contributed by atoms with van der Waals surface area (Å²) in [6.45, 7) is 0.324. The van der Waals surface area contributed by atoms with Crippen molar-refractivity contribution in [1.82, 2.24) is 4.98 Å². The molecule has 0 aliphatic carbocycles. The van der Waals surface area contributed by atoms with Crippen molar-refractivity contribution in [3.63, 3.8) is 0 Å². The number of aromatic nitrogens is 1. The van der Waals surface area contributed by atoms with Gasteiger partial charge in [0.25, 0.3) is 0 Å². The molecule has 1 aromatic heterocycles. The first-order valence-electron chi connectivity index (χ1n) is 8.19. The number of benzene rings is 2. The molecule has 1 heterocycles. The molecule has 0 radical (unpaired) electrons. The van der Waals surface area contributed by atoms with E-state index in [1.54, 1.807) is 18.3 Å². The van der Waals surface area contributed by atoms with Crippen LogP contribution < -0.4 is 10.2 Å². The largest absolute Gasteiger partial charge is 0.487 e. The first kappa shape index (κ1) is 21.4. The van der Waals surface area contributed by atoms with Gasteiger partial charge in [-0.1, -0.05) is 12.1 Å². The van der Waals surface area contributed by atoms with Gasteiger partial charge in [0.15, 0.2) is 0 Å². The van der Waals surface area contributed by atoms with Gasteiger partial charge in [-0.3, -0.25) is 15.5 Å². The van der Waals surface area contributed by atoms with Crippen LogP contribution in [0.5, 0.6) is 5.75 Å². The van der Waals surface area contributed by atoms with E-state index in [0.29, 0.717) is 6.61 Å². The number of hydrazone groups is 1. The number of rotatable bonds is 7. The van der Waals surface area contributed by atoms with E-state index in [9.17, 15) is 14.5 Å². The smallest absolute Gasteiger partial charge is 0.313 e. The third-order valence-corrected chi connectivity index (χ3v) is 5.29. The predicted octanol–water partition coefficient (Wildman–Crippen LogP) is 5.36. The minimum absolute atomic E-state index is 0.0670. The third kappa shape index (κ3) is 5.82. The maximum Gasteiger partial charge on any atom is 0.313 e. The summed E-state index contributed by atoms with van der Waals surface area (Å²) < 4.78 is 20.6. The van der Waals surface area contributed by atoms with Crippen LogP contribution in [0, 0.1) is 23.1 Å². The van der Waals surface area contributed by atoms with Crippen LogP contribution in [-0.4, -0.2) is 16.1 Å². The van der Waals surface area contributed by atoms with E-state index in [0.717, 1.165) is 24.0 Å². The number of halogens is 3. The molecule has 10 heteroatoms. The van der Waals surface area contributed by atoms with Gasteiger partial charge in [0.1, 0.15) is 18.2 Å². The summed E-state index contributed by atoms with van der Waals surface area (Å²) >= 11 is 4.33. The number of nitrogens with one attached hydrogen (secondary N) is 1. The van der Waals surface area contributed by atoms with Crippen molar-refractivity contribution < 1.29 is 14.1 Å². The molecule has 0 atom stereocenters. The zero-order valence-corrected chi connectivity index (χ0v) is 19.0. The van der Waals surface area contributed by atoms with Gasteiger partial charge in [-0.2, -0.15) is 5.10 Å². The quantitative estimate of drug-likeness (QED) is 0.167. The minimum atomic E-state index is -0.524. The van der Waals surface area contributed by atoms with Crippen molar-refractivity contribution in [2.45, 2.75) is 6.61 Å². The van der Waals surface area contributed by atoms with Gasteiger partial charge in [-0.05, 0) is 86.6 Å². The predicted molar refractivity (Wildman–Crippen MR) is 125 cm³/mol. The number of hydrogen-bond acceptors (Lipinski definition) is 6. The molecule has 0 amide bonds. The lowest BCUT2D eigenvalue weighted by atomic mass is 10.2. The van der Waals surface area contributed by atoms with Crippen LogP contribution in [0.2, 0.25) is 0 Å². The molecule has 1 N–H and O–H groups in total. The first-order valence-corrected chi connectivity index (χ1v) is 10.3. The fourth-order valence-electron chi connectivity index (χ4n) is 2.33. The highest BCUT2D eigenvalue weighted by Crippen LogP contribution is 2.29. The highest BCUT2D eigenvalue weighted by Gasteiger charge is 2.13. The summed E-state index contributed by atoms with van der Waals surface area (Å²) in [7, 11) is 0. The monoisotopic (exact) mass is 618 g/mol. The number of ether oxygens (including phenoxy) is 1. The topological polar surface area (TPSA) is 89.7 Å². The summed E-state index contributed by atoms with van der Waals surface area (Å²) in [5, 5.41) is 15.0. The molecule has 0 saturated heterocycles. The molecular weight excluding hydrogens is 605 g/mol. The van der Waals surface area contributed by atoms with E-state index in [4.69, 9.17) is 4.74 Å². The number of nitro groups is 1. The molecule has 29 heavy (non-hydrogen) atoms. The van der Waals surface area contributed by atoms with Gasteiger partial charge in [-0.15, -0.1) is 0 Å². The zero-order chi connectivity index (χ0) is 20.8. The lowest BCUT2D eigenvalue weighted by molar-refractivity contribution is -0.384. The Morgan fingerprint density at radius 1 is 1.21 bits per heavy atom. The Balaban J connectivity index is 1.69. The van der Waals surface area contributed by atoms with Gasteiger partial charge in [0, 0.05) is 12.3 Å². The average molecular weight is 618 g/mol. The van der Waals surface area contributed by atoms with Crippen molar-refractivity contribution in [1.29, 1.82) is 0 Å². The molecule has 7 nitrogen and oxygen atoms in total. The number of pyridine rings is 1. The summed E-state index contributed by atoms with van der Waals surface area (Å²) in [5.41, 5.74) is 4.10. The normalized spacial score (nSPS) is 10.9. The van der Waals surface area contributed by atoms with Crippen LogP contribution >= 0.6 is 45.2 Å². The molecule has 0 spiro atoms. The summed E-state index contributed by atoms with van der Waals surface area (Å²) in [5.74, 6) is 0.504. The van der Waals surface area contributed by atoms with E-state index < -0.39 is 4.92 Å². The molecule has 0 bridgehead atoms. The maximum absolute atomic E-state index is 13.0. The van der Waals surface area contributed by atoms with Crippen molar-refractivity contribution in [2.75, 3.05) is 5.43 Å². The Morgan fingerprint density at radius 3 is 2.55 bits per heavy atom. The van der Waals surface area contributed by atoms with Gasteiger partial charge >= 0.3 is 5.69 Å². The van der Waals surface area contributed by atoms with Crippen molar-refractivity contribution in [3.8, 4) is 5.75 Å². The summed E-state index contributed by atoms with van der Waals surface area (Å²) in [6, 6.07) is 12.7. The second-order valence-electron chi connectivity index (χ2n) is 5.73. The van der Waals surface area contributed by atoms with E-state index in [2.05, 4.69) is 60.7 Å². The van der Waals surface area contributed by atoms with Crippen LogP contribution in [-0.2, 0) is 6.61 Å². The van der Waals surface area contributed by atoms with Crippen molar-refractivity contribution in [3.05, 3.63) is 88.9 Å². The van der Waals surface area contributed by atoms with Crippen LogP contribution in [0.15, 0.2) is 59.8 Å². The second kappa shape index (κ2) is 9.91. The first-order chi connectivity index (χ1) is 13.9. The molecule has 3 rings (SSSR count). The summed E-state index contributed by atoms with van der Waals surface area (Å²) in [6.07, 6.45) is 3.00. The lowest BCUT2D eigenvalue weighted by Crippen LogP contribution is -2.01. The van der Waals surface area contributed by atoms with Gasteiger partial charge < -0.3 is 4.74 Å². The van der Waals surface area contributed by atoms with Gasteiger partial charge in [0.2, 0.25) is 5.82 Å². The Kier molecular flexibility index (Phi) is 7.30. The Hall–Kier alpha value is -2.35. The van der Waals surface area contributed by atoms with Crippen LogP contribution in [0.3, 0.4) is 0 Å². The minimum Gasteiger partial charge on any atom is -0.487 e. The highest BCUT2D eigenvalue weighted by molar-refractivity contribution is 14.1. The number of nitrogens with zero attached hydrogens (tertiary/aromatic N) is 3. The number of anilines is 1. The summed E-state index contributed by atoms with van der Waals surface area (Å²) in [4.78, 5) is 14.4. The zero-order valence-electron chi connectivity index (χ0n) is 14.7. The standard InChI is InChI=1S/C19H13FI2N4O3/c20-14-5-3-12(4-6-14)11-29-18-15(21)8-13(9-16(18)22)10-24-25-19-17(26(27)28)2-1-7-23-19/h1-10H,11H2,(H,23,25)/b24-10-. The van der Waals surface area contributed by atoms with Gasteiger partial charge in [0.05, 0.1) is 18.3 Å². The Morgan fingerprint density at radius 2 is 1.90 bits per heavy atom. The van der Waals surface area contributed by atoms with Crippen LogP contribution in [0.25, 0.3) is 0 Å².